The first-order valence-corrected chi connectivity index (χ1v) is 5.95. The van der Waals surface area contributed by atoms with Crippen LogP contribution in [0.5, 0.6) is 0 Å². The Balaban J connectivity index is 2.46. The predicted molar refractivity (Wildman–Crippen MR) is 68.1 cm³/mol. The van der Waals surface area contributed by atoms with Crippen LogP contribution in [-0.4, -0.2) is 16.2 Å². The lowest BCUT2D eigenvalue weighted by atomic mass is 10.2. The Morgan fingerprint density at radius 3 is 2.75 bits per heavy atom. The second-order valence-electron chi connectivity index (χ2n) is 3.27. The molecule has 4 nitrogen and oxygen atoms in total. The SMILES string of the molecule is CSc1cccc(-c2ncc(N)c(N)n2)c1. The molecule has 5 heteroatoms. The van der Waals surface area contributed by atoms with Gasteiger partial charge in [-0.3, -0.25) is 0 Å². The van der Waals surface area contributed by atoms with Crippen molar-refractivity contribution in [2.75, 3.05) is 17.7 Å². The number of thioether (sulfide) groups is 1. The average molecular weight is 232 g/mol. The van der Waals surface area contributed by atoms with Gasteiger partial charge < -0.3 is 11.5 Å². The molecule has 82 valence electrons. The Kier molecular flexibility index (Phi) is 2.96. The zero-order valence-corrected chi connectivity index (χ0v) is 9.66. The number of aromatic nitrogens is 2. The number of nitrogens with zero attached hydrogens (tertiary/aromatic N) is 2. The summed E-state index contributed by atoms with van der Waals surface area (Å²) in [5.74, 6) is 0.919. The van der Waals surface area contributed by atoms with Crippen LogP contribution in [0.4, 0.5) is 11.5 Å². The molecule has 16 heavy (non-hydrogen) atoms. The van der Waals surface area contributed by atoms with Gasteiger partial charge in [0.15, 0.2) is 11.6 Å². The summed E-state index contributed by atoms with van der Waals surface area (Å²) in [6, 6.07) is 7.98. The van der Waals surface area contributed by atoms with Crippen LogP contribution in [0.2, 0.25) is 0 Å². The first-order chi connectivity index (χ1) is 7.70. The number of nitrogens with two attached hydrogens (primary N) is 2. The monoisotopic (exact) mass is 232 g/mol. The third kappa shape index (κ3) is 2.09. The average Bonchev–Trinajstić information content (AvgIpc) is 2.33. The van der Waals surface area contributed by atoms with E-state index in [4.69, 9.17) is 11.5 Å². The van der Waals surface area contributed by atoms with Crippen LogP contribution in [0, 0.1) is 0 Å². The van der Waals surface area contributed by atoms with Gasteiger partial charge >= 0.3 is 0 Å². The highest BCUT2D eigenvalue weighted by Gasteiger charge is 2.04. The number of rotatable bonds is 2. The quantitative estimate of drug-likeness (QED) is 0.775. The van der Waals surface area contributed by atoms with E-state index in [1.165, 1.54) is 6.20 Å². The molecule has 0 radical (unpaired) electrons. The molecule has 0 unspecified atom stereocenters. The summed E-state index contributed by atoms with van der Waals surface area (Å²) in [6.07, 6.45) is 3.56. The Bertz CT molecular complexity index is 513. The molecule has 0 aliphatic rings. The molecule has 0 aliphatic heterocycles. The molecular weight excluding hydrogens is 220 g/mol. The lowest BCUT2D eigenvalue weighted by Gasteiger charge is -2.04. The smallest absolute Gasteiger partial charge is 0.161 e. The number of hydrogen-bond acceptors (Lipinski definition) is 5. The van der Waals surface area contributed by atoms with Crippen LogP contribution in [0.1, 0.15) is 0 Å². The Morgan fingerprint density at radius 2 is 2.06 bits per heavy atom. The number of benzene rings is 1. The molecule has 0 atom stereocenters. The summed E-state index contributed by atoms with van der Waals surface area (Å²) < 4.78 is 0. The largest absolute Gasteiger partial charge is 0.394 e. The van der Waals surface area contributed by atoms with Gasteiger partial charge in [-0.15, -0.1) is 11.8 Å². The summed E-state index contributed by atoms with van der Waals surface area (Å²) in [5, 5.41) is 0. The Labute approximate surface area is 98.1 Å². The molecule has 2 rings (SSSR count). The molecule has 0 amide bonds. The third-order valence-corrected chi connectivity index (χ3v) is 2.90. The molecule has 1 aromatic carbocycles. The van der Waals surface area contributed by atoms with Crippen molar-refractivity contribution in [2.45, 2.75) is 4.90 Å². The van der Waals surface area contributed by atoms with Crippen LogP contribution < -0.4 is 11.5 Å². The fraction of sp³-hybridized carbons (Fsp3) is 0.0909. The fourth-order valence-electron chi connectivity index (χ4n) is 1.31. The fourth-order valence-corrected chi connectivity index (χ4v) is 1.77. The molecular formula is C11H12N4S. The number of anilines is 2. The zero-order chi connectivity index (χ0) is 11.5. The second-order valence-corrected chi connectivity index (χ2v) is 4.15. The summed E-state index contributed by atoms with van der Waals surface area (Å²) in [7, 11) is 0. The van der Waals surface area contributed by atoms with Crippen LogP contribution in [-0.2, 0) is 0 Å². The summed E-state index contributed by atoms with van der Waals surface area (Å²) >= 11 is 1.67. The number of nitrogen functional groups attached to an aromatic ring is 2. The van der Waals surface area contributed by atoms with Gasteiger partial charge in [-0.05, 0) is 18.4 Å². The molecule has 0 fully saturated rings. The maximum absolute atomic E-state index is 5.65. The number of hydrogen-bond donors (Lipinski definition) is 2. The molecule has 0 saturated heterocycles. The predicted octanol–water partition coefficient (Wildman–Crippen LogP) is 2.03. The van der Waals surface area contributed by atoms with E-state index in [0.29, 0.717) is 17.3 Å². The van der Waals surface area contributed by atoms with Crippen molar-refractivity contribution in [1.82, 2.24) is 9.97 Å². The molecule has 0 bridgehead atoms. The molecule has 2 aromatic rings. The summed E-state index contributed by atoms with van der Waals surface area (Å²) in [6.45, 7) is 0. The molecule has 1 aromatic heterocycles. The standard InChI is InChI=1S/C11H12N4S/c1-16-8-4-2-3-7(5-8)11-14-6-9(12)10(13)15-11/h2-6H,12H2,1H3,(H2,13,14,15). The van der Waals surface area contributed by atoms with Crippen molar-refractivity contribution < 1.29 is 0 Å². The van der Waals surface area contributed by atoms with E-state index in [2.05, 4.69) is 9.97 Å². The van der Waals surface area contributed by atoms with Crippen LogP contribution in [0.15, 0.2) is 35.4 Å². The minimum absolute atomic E-state index is 0.319. The Hall–Kier alpha value is -1.75. The highest BCUT2D eigenvalue weighted by molar-refractivity contribution is 7.98. The zero-order valence-electron chi connectivity index (χ0n) is 8.84. The van der Waals surface area contributed by atoms with Crippen LogP contribution in [0.25, 0.3) is 11.4 Å². The molecule has 4 N–H and O–H groups in total. The van der Waals surface area contributed by atoms with Crippen molar-refractivity contribution in [3.63, 3.8) is 0 Å². The Morgan fingerprint density at radius 1 is 1.25 bits per heavy atom. The summed E-state index contributed by atoms with van der Waals surface area (Å²) in [5.41, 5.74) is 12.6. The van der Waals surface area contributed by atoms with E-state index in [1.54, 1.807) is 11.8 Å². The van der Waals surface area contributed by atoms with Crippen molar-refractivity contribution in [3.05, 3.63) is 30.5 Å². The van der Waals surface area contributed by atoms with Gasteiger partial charge in [-0.25, -0.2) is 9.97 Å². The maximum atomic E-state index is 5.65. The minimum Gasteiger partial charge on any atom is -0.394 e. The van der Waals surface area contributed by atoms with E-state index < -0.39 is 0 Å². The molecule has 0 aliphatic carbocycles. The second kappa shape index (κ2) is 4.40. The van der Waals surface area contributed by atoms with Gasteiger partial charge in [-0.2, -0.15) is 0 Å². The van der Waals surface area contributed by atoms with Crippen molar-refractivity contribution in [2.24, 2.45) is 0 Å². The van der Waals surface area contributed by atoms with E-state index in [1.807, 2.05) is 30.5 Å². The van der Waals surface area contributed by atoms with E-state index in [0.717, 1.165) is 10.5 Å². The van der Waals surface area contributed by atoms with Crippen molar-refractivity contribution in [1.29, 1.82) is 0 Å². The van der Waals surface area contributed by atoms with Gasteiger partial charge in [0.2, 0.25) is 0 Å². The van der Waals surface area contributed by atoms with Crippen molar-refractivity contribution in [3.8, 4) is 11.4 Å². The topological polar surface area (TPSA) is 77.8 Å². The van der Waals surface area contributed by atoms with Gasteiger partial charge in [0.1, 0.15) is 0 Å². The normalized spacial score (nSPS) is 10.3. The first kappa shape index (κ1) is 10.8. The van der Waals surface area contributed by atoms with Gasteiger partial charge in [0.25, 0.3) is 0 Å². The lowest BCUT2D eigenvalue weighted by Crippen LogP contribution is -2.00. The molecule has 1 heterocycles. The molecule has 0 saturated carbocycles. The molecule has 0 spiro atoms. The van der Waals surface area contributed by atoms with E-state index in [-0.39, 0.29) is 0 Å². The maximum Gasteiger partial charge on any atom is 0.161 e. The first-order valence-electron chi connectivity index (χ1n) is 4.73. The van der Waals surface area contributed by atoms with Gasteiger partial charge in [0, 0.05) is 10.5 Å². The van der Waals surface area contributed by atoms with Crippen LogP contribution >= 0.6 is 11.8 Å². The minimum atomic E-state index is 0.319. The van der Waals surface area contributed by atoms with Crippen molar-refractivity contribution >= 4 is 23.3 Å². The summed E-state index contributed by atoms with van der Waals surface area (Å²) in [4.78, 5) is 9.47. The third-order valence-electron chi connectivity index (χ3n) is 2.18. The van der Waals surface area contributed by atoms with Gasteiger partial charge in [0.05, 0.1) is 11.9 Å². The van der Waals surface area contributed by atoms with E-state index in [9.17, 15) is 0 Å². The highest BCUT2D eigenvalue weighted by atomic mass is 32.2. The van der Waals surface area contributed by atoms with Crippen LogP contribution in [0.3, 0.4) is 0 Å². The van der Waals surface area contributed by atoms with Gasteiger partial charge in [-0.1, -0.05) is 12.1 Å². The highest BCUT2D eigenvalue weighted by Crippen LogP contribution is 2.23. The lowest BCUT2D eigenvalue weighted by molar-refractivity contribution is 1.18. The van der Waals surface area contributed by atoms with E-state index >= 15 is 0 Å².